The van der Waals surface area contributed by atoms with E-state index < -0.39 is 30.5 Å². The van der Waals surface area contributed by atoms with Crippen molar-refractivity contribution >= 4 is 19.9 Å². The zero-order chi connectivity index (χ0) is 12.9. The Balaban J connectivity index is 2.41. The van der Waals surface area contributed by atoms with Crippen LogP contribution in [0.2, 0.25) is 0 Å². The van der Waals surface area contributed by atoms with Crippen LogP contribution in [0.15, 0.2) is 0 Å². The molecule has 6 nitrogen and oxygen atoms in total. The Morgan fingerprint density at radius 1 is 1.47 bits per heavy atom. The SMILES string of the molecule is CS(=O)(=O)N1CC2C(CN)(CCCS2(=O)=O)C1. The van der Waals surface area contributed by atoms with E-state index in [1.807, 2.05) is 0 Å². The van der Waals surface area contributed by atoms with Crippen LogP contribution in [0, 0.1) is 5.41 Å². The highest BCUT2D eigenvalue weighted by Crippen LogP contribution is 2.43. The summed E-state index contributed by atoms with van der Waals surface area (Å²) in [6.45, 7) is 0.535. The Morgan fingerprint density at radius 3 is 2.59 bits per heavy atom. The number of hydrogen-bond donors (Lipinski definition) is 1. The lowest BCUT2D eigenvalue weighted by Crippen LogP contribution is -2.49. The topological polar surface area (TPSA) is 97.5 Å². The molecule has 2 atom stereocenters. The molecule has 0 bridgehead atoms. The number of sulfonamides is 1. The molecule has 2 saturated heterocycles. The number of fused-ring (bicyclic) bond motifs is 1. The first-order valence-electron chi connectivity index (χ1n) is 5.58. The standard InChI is InChI=1S/C9H18N2O4S2/c1-16(12,13)11-5-8-9(6-10,7-11)3-2-4-17(8,14)15/h8H,2-7,10H2,1H3. The van der Waals surface area contributed by atoms with Crippen molar-refractivity contribution in [1.29, 1.82) is 0 Å². The van der Waals surface area contributed by atoms with Crippen LogP contribution in [0.4, 0.5) is 0 Å². The molecule has 8 heteroatoms. The van der Waals surface area contributed by atoms with Crippen molar-refractivity contribution in [1.82, 2.24) is 4.31 Å². The van der Waals surface area contributed by atoms with E-state index >= 15 is 0 Å². The minimum absolute atomic E-state index is 0.0678. The lowest BCUT2D eigenvalue weighted by Gasteiger charge is -2.36. The van der Waals surface area contributed by atoms with Gasteiger partial charge in [0.05, 0.1) is 17.3 Å². The highest BCUT2D eigenvalue weighted by molar-refractivity contribution is 7.92. The van der Waals surface area contributed by atoms with Gasteiger partial charge in [-0.05, 0) is 12.8 Å². The van der Waals surface area contributed by atoms with Crippen molar-refractivity contribution in [2.24, 2.45) is 11.1 Å². The van der Waals surface area contributed by atoms with E-state index in [0.29, 0.717) is 12.8 Å². The number of hydrogen-bond acceptors (Lipinski definition) is 5. The average Bonchev–Trinajstić information content (AvgIpc) is 2.58. The van der Waals surface area contributed by atoms with Crippen LogP contribution >= 0.6 is 0 Å². The molecule has 2 unspecified atom stereocenters. The minimum atomic E-state index is -3.35. The molecular formula is C9H18N2O4S2. The smallest absolute Gasteiger partial charge is 0.211 e. The first-order valence-corrected chi connectivity index (χ1v) is 9.14. The van der Waals surface area contributed by atoms with E-state index in [0.717, 1.165) is 6.26 Å². The Morgan fingerprint density at radius 2 is 2.12 bits per heavy atom. The normalized spacial score (nSPS) is 37.9. The Labute approximate surface area is 102 Å². The first-order chi connectivity index (χ1) is 7.71. The molecule has 2 aliphatic rings. The summed E-state index contributed by atoms with van der Waals surface area (Å²) in [4.78, 5) is 0. The predicted octanol–water partition coefficient (Wildman–Crippen LogP) is -1.22. The van der Waals surface area contributed by atoms with E-state index in [1.54, 1.807) is 0 Å². The van der Waals surface area contributed by atoms with Crippen molar-refractivity contribution in [3.8, 4) is 0 Å². The third kappa shape index (κ3) is 2.11. The van der Waals surface area contributed by atoms with Crippen molar-refractivity contribution in [3.63, 3.8) is 0 Å². The average molecular weight is 282 g/mol. The molecule has 2 aliphatic heterocycles. The molecule has 0 aromatic heterocycles. The fourth-order valence-electron chi connectivity index (χ4n) is 2.95. The number of sulfone groups is 1. The van der Waals surface area contributed by atoms with E-state index in [-0.39, 0.29) is 25.4 Å². The first kappa shape index (κ1) is 13.3. The van der Waals surface area contributed by atoms with Crippen LogP contribution in [0.5, 0.6) is 0 Å². The summed E-state index contributed by atoms with van der Waals surface area (Å²) >= 11 is 0. The number of rotatable bonds is 2. The molecule has 0 aromatic carbocycles. The van der Waals surface area contributed by atoms with E-state index in [9.17, 15) is 16.8 Å². The highest BCUT2D eigenvalue weighted by atomic mass is 32.2. The van der Waals surface area contributed by atoms with Crippen molar-refractivity contribution in [2.75, 3.05) is 31.6 Å². The van der Waals surface area contributed by atoms with E-state index in [2.05, 4.69) is 0 Å². The molecule has 100 valence electrons. The van der Waals surface area contributed by atoms with Crippen LogP contribution in [0.3, 0.4) is 0 Å². The van der Waals surface area contributed by atoms with Gasteiger partial charge in [-0.2, -0.15) is 0 Å². The van der Waals surface area contributed by atoms with Gasteiger partial charge in [0, 0.05) is 25.0 Å². The summed E-state index contributed by atoms with van der Waals surface area (Å²) in [5.74, 6) is 0.150. The Bertz CT molecular complexity index is 513. The summed E-state index contributed by atoms with van der Waals surface area (Å²) in [5.41, 5.74) is 5.15. The fourth-order valence-corrected chi connectivity index (χ4v) is 6.24. The van der Waals surface area contributed by atoms with Gasteiger partial charge in [0.15, 0.2) is 9.84 Å². The lowest BCUT2D eigenvalue weighted by atomic mass is 9.82. The summed E-state index contributed by atoms with van der Waals surface area (Å²) < 4.78 is 48.4. The van der Waals surface area contributed by atoms with Gasteiger partial charge in [0.2, 0.25) is 10.0 Å². The summed E-state index contributed by atoms with van der Waals surface area (Å²) in [5, 5.41) is -0.622. The van der Waals surface area contributed by atoms with Gasteiger partial charge in [-0.1, -0.05) is 0 Å². The van der Waals surface area contributed by atoms with Gasteiger partial charge in [0.1, 0.15) is 0 Å². The van der Waals surface area contributed by atoms with E-state index in [4.69, 9.17) is 5.73 Å². The zero-order valence-electron chi connectivity index (χ0n) is 9.79. The van der Waals surface area contributed by atoms with Gasteiger partial charge in [0.25, 0.3) is 0 Å². The summed E-state index contributed by atoms with van der Waals surface area (Å²) in [6, 6.07) is 0. The minimum Gasteiger partial charge on any atom is -0.330 e. The number of nitrogens with two attached hydrogens (primary N) is 1. The molecular weight excluding hydrogens is 264 g/mol. The lowest BCUT2D eigenvalue weighted by molar-refractivity contribution is 0.277. The van der Waals surface area contributed by atoms with Crippen molar-refractivity contribution < 1.29 is 16.8 Å². The Hall–Kier alpha value is -0.180. The second-order valence-electron chi connectivity index (χ2n) is 5.08. The molecule has 2 N–H and O–H groups in total. The van der Waals surface area contributed by atoms with E-state index in [1.165, 1.54) is 4.31 Å². The predicted molar refractivity (Wildman–Crippen MR) is 64.7 cm³/mol. The van der Waals surface area contributed by atoms with Gasteiger partial charge < -0.3 is 5.73 Å². The van der Waals surface area contributed by atoms with Crippen LogP contribution in [-0.2, 0) is 19.9 Å². The zero-order valence-corrected chi connectivity index (χ0v) is 11.4. The molecule has 0 spiro atoms. The van der Waals surface area contributed by atoms with Gasteiger partial charge in [-0.3, -0.25) is 0 Å². The van der Waals surface area contributed by atoms with Crippen LogP contribution in [0.25, 0.3) is 0 Å². The largest absolute Gasteiger partial charge is 0.330 e. The van der Waals surface area contributed by atoms with Crippen LogP contribution < -0.4 is 5.73 Å². The van der Waals surface area contributed by atoms with Crippen LogP contribution in [-0.4, -0.2) is 58.0 Å². The number of nitrogens with zero attached hydrogens (tertiary/aromatic N) is 1. The molecule has 2 fully saturated rings. The second-order valence-corrected chi connectivity index (χ2v) is 9.37. The molecule has 2 heterocycles. The van der Waals surface area contributed by atoms with Gasteiger partial charge in [-0.25, -0.2) is 21.1 Å². The maximum atomic E-state index is 12.0. The molecule has 17 heavy (non-hydrogen) atoms. The Kier molecular flexibility index (Phi) is 3.05. The molecule has 2 rings (SSSR count). The molecule has 0 amide bonds. The molecule has 0 aliphatic carbocycles. The molecule has 0 aromatic rings. The maximum Gasteiger partial charge on any atom is 0.211 e. The van der Waals surface area contributed by atoms with Crippen molar-refractivity contribution in [3.05, 3.63) is 0 Å². The molecule has 0 radical (unpaired) electrons. The summed E-state index contributed by atoms with van der Waals surface area (Å²) in [6.07, 6.45) is 2.38. The maximum absolute atomic E-state index is 12.0. The van der Waals surface area contributed by atoms with Gasteiger partial charge >= 0.3 is 0 Å². The van der Waals surface area contributed by atoms with Crippen molar-refractivity contribution in [2.45, 2.75) is 18.1 Å². The summed E-state index contributed by atoms with van der Waals surface area (Å²) in [7, 11) is -6.56. The monoisotopic (exact) mass is 282 g/mol. The highest BCUT2D eigenvalue weighted by Gasteiger charge is 2.55. The van der Waals surface area contributed by atoms with Crippen LogP contribution in [0.1, 0.15) is 12.8 Å². The second kappa shape index (κ2) is 3.91. The quantitative estimate of drug-likeness (QED) is 0.685. The molecule has 0 saturated carbocycles. The van der Waals surface area contributed by atoms with Gasteiger partial charge in [-0.15, -0.1) is 0 Å². The fraction of sp³-hybridized carbons (Fsp3) is 1.00. The third-order valence-electron chi connectivity index (χ3n) is 3.96. The third-order valence-corrected chi connectivity index (χ3v) is 7.55.